The van der Waals surface area contributed by atoms with Crippen molar-refractivity contribution in [3.05, 3.63) is 60.5 Å². The summed E-state index contributed by atoms with van der Waals surface area (Å²) in [5.41, 5.74) is 2.50. The van der Waals surface area contributed by atoms with Crippen LogP contribution >= 0.6 is 11.3 Å². The van der Waals surface area contributed by atoms with Crippen molar-refractivity contribution in [3.63, 3.8) is 0 Å². The molecule has 0 atom stereocenters. The molecule has 0 amide bonds. The van der Waals surface area contributed by atoms with Crippen LogP contribution in [0.15, 0.2) is 47.2 Å². The Kier molecular flexibility index (Phi) is 2.08. The van der Waals surface area contributed by atoms with E-state index in [1.165, 1.54) is 20.6 Å². The summed E-state index contributed by atoms with van der Waals surface area (Å²) in [4.78, 5) is 1.26. The van der Waals surface area contributed by atoms with Crippen molar-refractivity contribution in [2.24, 2.45) is 0 Å². The lowest BCUT2D eigenvalue weighted by atomic mass is 10.1. The monoisotopic (exact) mass is 253 g/mol. The first-order chi connectivity index (χ1) is 8.93. The molecule has 0 saturated heterocycles. The van der Waals surface area contributed by atoms with E-state index < -0.39 is 0 Å². The first-order valence-corrected chi connectivity index (χ1v) is 6.75. The van der Waals surface area contributed by atoms with Gasteiger partial charge in [0.2, 0.25) is 0 Å². The van der Waals surface area contributed by atoms with Crippen molar-refractivity contribution in [2.45, 2.75) is 6.42 Å². The van der Waals surface area contributed by atoms with Gasteiger partial charge in [-0.2, -0.15) is 30.3 Å². The van der Waals surface area contributed by atoms with Crippen LogP contribution in [0.3, 0.4) is 0 Å². The second-order valence-electron chi connectivity index (χ2n) is 4.29. The number of benzene rings is 1. The third-order valence-corrected chi connectivity index (χ3v) is 4.42. The lowest BCUT2D eigenvalue weighted by Crippen LogP contribution is -2.17. The van der Waals surface area contributed by atoms with Crippen molar-refractivity contribution in [1.82, 2.24) is 0 Å². The molecule has 3 aromatic rings. The predicted octanol–water partition coefficient (Wildman–Crippen LogP) is 3.57. The molecule has 0 unspecified atom stereocenters. The van der Waals surface area contributed by atoms with Crippen LogP contribution in [-0.4, -0.2) is 0 Å². The molecule has 2 heterocycles. The van der Waals surface area contributed by atoms with Crippen molar-refractivity contribution in [3.8, 4) is 0 Å². The Morgan fingerprint density at radius 1 is 1.44 bits per heavy atom. The molecule has 2 nitrogen and oxygen atoms in total. The highest BCUT2D eigenvalue weighted by Gasteiger charge is 2.09. The van der Waals surface area contributed by atoms with Gasteiger partial charge >= 0.3 is 0 Å². The summed E-state index contributed by atoms with van der Waals surface area (Å²) < 4.78 is 9.20. The molecule has 2 aromatic heterocycles. The van der Waals surface area contributed by atoms with Crippen LogP contribution in [0.4, 0.5) is 0 Å². The molecule has 90 valence electrons. The SMILES string of the molecule is C1=C[c-]2[o+]c[cH-][n+]3c(sc4c[cH-]ccc43)c2C[CH-]1. The van der Waals surface area contributed by atoms with Crippen LogP contribution in [0.5, 0.6) is 0 Å². The molecule has 18 heavy (non-hydrogen) atoms. The van der Waals surface area contributed by atoms with E-state index in [2.05, 4.69) is 41.2 Å². The normalized spacial score (nSPS) is 13.6. The topological polar surface area (TPSA) is 15.4 Å². The van der Waals surface area contributed by atoms with Gasteiger partial charge in [-0.15, -0.1) is 0 Å². The number of allylic oxidation sites excluding steroid dienone is 1. The van der Waals surface area contributed by atoms with Crippen LogP contribution in [0.2, 0.25) is 0 Å². The van der Waals surface area contributed by atoms with Crippen molar-refractivity contribution in [1.29, 1.82) is 0 Å². The van der Waals surface area contributed by atoms with Gasteiger partial charge in [-0.05, 0) is 0 Å². The maximum atomic E-state index is 5.67. The summed E-state index contributed by atoms with van der Waals surface area (Å²) in [6, 6.07) is 8.47. The minimum Gasteiger partial charge on any atom is -0.334 e. The Bertz CT molecular complexity index is 795. The van der Waals surface area contributed by atoms with E-state index in [4.69, 9.17) is 4.42 Å². The second kappa shape index (κ2) is 3.75. The van der Waals surface area contributed by atoms with Crippen LogP contribution in [0.25, 0.3) is 21.1 Å². The van der Waals surface area contributed by atoms with Gasteiger partial charge in [-0.25, -0.2) is 11.3 Å². The summed E-state index contributed by atoms with van der Waals surface area (Å²) in [5.74, 6) is 0.964. The van der Waals surface area contributed by atoms with Crippen LogP contribution in [0.1, 0.15) is 11.3 Å². The maximum Gasteiger partial charge on any atom is 0.251 e. The fourth-order valence-electron chi connectivity index (χ4n) is 2.37. The van der Waals surface area contributed by atoms with E-state index in [0.717, 1.165) is 12.2 Å². The van der Waals surface area contributed by atoms with Crippen LogP contribution < -0.4 is 4.40 Å². The van der Waals surface area contributed by atoms with Gasteiger partial charge in [0.25, 0.3) is 6.26 Å². The molecule has 0 fully saturated rings. The minimum absolute atomic E-state index is 0.931. The Morgan fingerprint density at radius 2 is 2.44 bits per heavy atom. The average molecular weight is 253 g/mol. The molecule has 0 spiro atoms. The number of fused-ring (bicyclic) bond motifs is 5. The van der Waals surface area contributed by atoms with Crippen molar-refractivity contribution >= 4 is 32.5 Å². The standard InChI is InChI=1S/C15H11NOS/c1-3-7-13-11(5-1)15-16(9-10-17-13)12-6-2-4-8-14(12)18-15/h1-4,6-10H,5H2/q-2. The molecule has 1 aromatic carbocycles. The van der Waals surface area contributed by atoms with E-state index in [9.17, 15) is 0 Å². The quantitative estimate of drug-likeness (QED) is 0.340. The molecule has 0 radical (unpaired) electrons. The summed E-state index contributed by atoms with van der Waals surface area (Å²) in [7, 11) is 0. The maximum absolute atomic E-state index is 5.67. The van der Waals surface area contributed by atoms with Crippen LogP contribution in [-0.2, 0) is 6.42 Å². The van der Waals surface area contributed by atoms with Crippen molar-refractivity contribution < 1.29 is 8.82 Å². The predicted molar refractivity (Wildman–Crippen MR) is 73.1 cm³/mol. The van der Waals surface area contributed by atoms with Gasteiger partial charge in [0.05, 0.1) is 0 Å². The van der Waals surface area contributed by atoms with E-state index in [0.29, 0.717) is 0 Å². The summed E-state index contributed by atoms with van der Waals surface area (Å²) in [6.07, 6.45) is 10.9. The fraction of sp³-hybridized carbons (Fsp3) is 0.0667. The smallest absolute Gasteiger partial charge is 0.251 e. The highest BCUT2D eigenvalue weighted by molar-refractivity contribution is 7.23. The van der Waals surface area contributed by atoms with E-state index in [1.807, 2.05) is 23.6 Å². The molecule has 0 bridgehead atoms. The summed E-state index contributed by atoms with van der Waals surface area (Å²) in [5, 5.41) is 0. The first-order valence-electron chi connectivity index (χ1n) is 5.93. The molecule has 4 rings (SSSR count). The number of nitrogens with zero attached hydrogens (tertiary/aromatic N) is 1. The van der Waals surface area contributed by atoms with Crippen molar-refractivity contribution in [2.75, 3.05) is 0 Å². The molecule has 0 N–H and O–H groups in total. The molecule has 1 aliphatic carbocycles. The van der Waals surface area contributed by atoms with E-state index >= 15 is 0 Å². The summed E-state index contributed by atoms with van der Waals surface area (Å²) >= 11 is 1.82. The zero-order valence-corrected chi connectivity index (χ0v) is 10.5. The minimum atomic E-state index is 0.931. The summed E-state index contributed by atoms with van der Waals surface area (Å²) in [6.45, 7) is 0. The number of aromatic nitrogens is 1. The van der Waals surface area contributed by atoms with Crippen LogP contribution in [0, 0.1) is 6.42 Å². The lowest BCUT2D eigenvalue weighted by molar-refractivity contribution is -0.477. The third kappa shape index (κ3) is 1.34. The zero-order valence-electron chi connectivity index (χ0n) is 9.67. The lowest BCUT2D eigenvalue weighted by Gasteiger charge is -2.12. The highest BCUT2D eigenvalue weighted by atomic mass is 32.1. The molecule has 3 heteroatoms. The molecule has 0 saturated carbocycles. The zero-order chi connectivity index (χ0) is 11.9. The fourth-order valence-corrected chi connectivity index (χ4v) is 3.56. The number of hydrogen-bond donors (Lipinski definition) is 0. The largest absolute Gasteiger partial charge is 0.334 e. The van der Waals surface area contributed by atoms with Gasteiger partial charge in [0.15, 0.2) is 5.76 Å². The number of hydrogen-bond acceptors (Lipinski definition) is 1. The number of thiazole rings is 1. The molecular weight excluding hydrogens is 242 g/mol. The van der Waals surface area contributed by atoms with E-state index in [-0.39, 0.29) is 0 Å². The highest BCUT2D eigenvalue weighted by Crippen LogP contribution is 2.27. The molecule has 1 aliphatic rings. The first kappa shape index (κ1) is 9.97. The molecular formula is C15H11NOS-2. The van der Waals surface area contributed by atoms with Gasteiger partial charge in [-0.3, -0.25) is 12.5 Å². The number of para-hydroxylation sites is 1. The Hall–Kier alpha value is -2.00. The van der Waals surface area contributed by atoms with Gasteiger partial charge < -0.3 is 8.82 Å². The van der Waals surface area contributed by atoms with Gasteiger partial charge in [0, 0.05) is 11.1 Å². The Morgan fingerprint density at radius 3 is 3.44 bits per heavy atom. The second-order valence-corrected chi connectivity index (χ2v) is 5.32. The third-order valence-electron chi connectivity index (χ3n) is 3.22. The Balaban J connectivity index is 2.24. The molecule has 0 aliphatic heterocycles. The van der Waals surface area contributed by atoms with Gasteiger partial charge in [0.1, 0.15) is 11.0 Å². The number of rotatable bonds is 0. The Labute approximate surface area is 108 Å². The average Bonchev–Trinajstić information content (AvgIpc) is 2.69. The van der Waals surface area contributed by atoms with E-state index in [1.54, 1.807) is 6.26 Å². The van der Waals surface area contributed by atoms with Gasteiger partial charge in [-0.1, -0.05) is 11.1 Å².